The number of hydrogen-bond acceptors (Lipinski definition) is 2. The number of nitrogens with one attached hydrogen (secondary N) is 1. The van der Waals surface area contributed by atoms with Crippen molar-refractivity contribution in [1.82, 2.24) is 9.88 Å². The van der Waals surface area contributed by atoms with Gasteiger partial charge in [0.25, 0.3) is 5.91 Å². The third-order valence-corrected chi connectivity index (χ3v) is 3.01. The first-order valence-corrected chi connectivity index (χ1v) is 5.97. The Balaban J connectivity index is 2.20. The lowest BCUT2D eigenvalue weighted by Gasteiger charge is -2.21. The number of carbonyl (C=O) groups is 1. The number of hydrogen-bond donors (Lipinski definition) is 2. The number of nitrogens with zero attached hydrogens (tertiary/aromatic N) is 1. The average molecular weight is 304 g/mol. The van der Waals surface area contributed by atoms with Crippen molar-refractivity contribution in [2.24, 2.45) is 0 Å². The summed E-state index contributed by atoms with van der Waals surface area (Å²) in [6, 6.07) is 5.42. The molecule has 1 unspecified atom stereocenters. The van der Waals surface area contributed by atoms with Gasteiger partial charge in [-0.2, -0.15) is 13.2 Å². The molecule has 1 atom stereocenters. The number of benzene rings is 1. The lowest BCUT2D eigenvalue weighted by molar-refractivity contribution is -0.205. The summed E-state index contributed by atoms with van der Waals surface area (Å²) < 4.78 is 50.2. The second kappa shape index (κ2) is 5.36. The highest BCUT2D eigenvalue weighted by Gasteiger charge is 2.39. The number of H-pyrrole nitrogens is 1. The van der Waals surface area contributed by atoms with Crippen molar-refractivity contribution in [2.45, 2.75) is 12.3 Å². The van der Waals surface area contributed by atoms with Gasteiger partial charge in [0.05, 0.1) is 6.54 Å². The molecule has 2 N–H and O–H groups in total. The molecule has 1 aromatic carbocycles. The third kappa shape index (κ3) is 3.15. The van der Waals surface area contributed by atoms with Crippen LogP contribution in [0.5, 0.6) is 0 Å². The van der Waals surface area contributed by atoms with E-state index in [2.05, 4.69) is 4.98 Å². The zero-order chi connectivity index (χ0) is 15.8. The number of fused-ring (bicyclic) bond motifs is 1. The van der Waals surface area contributed by atoms with Gasteiger partial charge in [-0.3, -0.25) is 4.79 Å². The maximum Gasteiger partial charge on any atom is 0.416 e. The SMILES string of the molecule is CN(CC(O)C(F)(F)F)C(=O)c1cc2c(F)cccc2[nH]1. The fourth-order valence-electron chi connectivity index (χ4n) is 1.88. The molecule has 0 aliphatic rings. The normalized spacial score (nSPS) is 13.4. The number of likely N-dealkylation sites (N-methyl/N-ethyl adjacent to an activating group) is 1. The van der Waals surface area contributed by atoms with Gasteiger partial charge in [-0.05, 0) is 18.2 Å². The zero-order valence-electron chi connectivity index (χ0n) is 10.9. The summed E-state index contributed by atoms with van der Waals surface area (Å²) >= 11 is 0. The van der Waals surface area contributed by atoms with Gasteiger partial charge >= 0.3 is 6.18 Å². The van der Waals surface area contributed by atoms with Crippen LogP contribution in [0.4, 0.5) is 17.6 Å². The van der Waals surface area contributed by atoms with Crippen LogP contribution in [0.25, 0.3) is 10.9 Å². The Bertz CT molecular complexity index is 666. The molecule has 0 aliphatic heterocycles. The van der Waals surface area contributed by atoms with Crippen LogP contribution in [0.15, 0.2) is 24.3 Å². The minimum atomic E-state index is -4.80. The van der Waals surface area contributed by atoms with Crippen molar-refractivity contribution >= 4 is 16.8 Å². The average Bonchev–Trinajstić information content (AvgIpc) is 2.82. The summed E-state index contributed by atoms with van der Waals surface area (Å²) in [5, 5.41) is 9.12. The molecule has 1 aromatic heterocycles. The molecular weight excluding hydrogens is 292 g/mol. The Hall–Kier alpha value is -2.09. The van der Waals surface area contributed by atoms with E-state index in [1.54, 1.807) is 6.07 Å². The van der Waals surface area contributed by atoms with Crippen LogP contribution < -0.4 is 0 Å². The number of aromatic amines is 1. The maximum atomic E-state index is 13.5. The van der Waals surface area contributed by atoms with Crippen molar-refractivity contribution in [3.05, 3.63) is 35.8 Å². The van der Waals surface area contributed by atoms with Gasteiger partial charge < -0.3 is 15.0 Å². The number of aliphatic hydroxyl groups is 1. The zero-order valence-corrected chi connectivity index (χ0v) is 10.9. The van der Waals surface area contributed by atoms with Crippen LogP contribution in [-0.2, 0) is 0 Å². The van der Waals surface area contributed by atoms with Crippen LogP contribution in [0.3, 0.4) is 0 Å². The maximum absolute atomic E-state index is 13.5. The smallest absolute Gasteiger partial charge is 0.382 e. The second-order valence-corrected chi connectivity index (χ2v) is 4.63. The Labute approximate surface area is 117 Å². The summed E-state index contributed by atoms with van der Waals surface area (Å²) in [6.45, 7) is -0.903. The largest absolute Gasteiger partial charge is 0.416 e. The van der Waals surface area contributed by atoms with Gasteiger partial charge in [-0.1, -0.05) is 6.07 Å². The van der Waals surface area contributed by atoms with E-state index in [4.69, 9.17) is 5.11 Å². The van der Waals surface area contributed by atoms with E-state index in [9.17, 15) is 22.4 Å². The Morgan fingerprint density at radius 3 is 2.67 bits per heavy atom. The molecule has 0 fully saturated rings. The van der Waals surface area contributed by atoms with Gasteiger partial charge in [0.1, 0.15) is 11.5 Å². The number of rotatable bonds is 3. The highest BCUT2D eigenvalue weighted by Crippen LogP contribution is 2.22. The van der Waals surface area contributed by atoms with E-state index in [0.29, 0.717) is 5.52 Å². The highest BCUT2D eigenvalue weighted by atomic mass is 19.4. The van der Waals surface area contributed by atoms with E-state index in [-0.39, 0.29) is 11.1 Å². The van der Waals surface area contributed by atoms with E-state index < -0.39 is 30.5 Å². The lowest BCUT2D eigenvalue weighted by Crippen LogP contribution is -2.41. The number of alkyl halides is 3. The number of amides is 1. The summed E-state index contributed by atoms with van der Waals surface area (Å²) in [5.74, 6) is -1.31. The Kier molecular flexibility index (Phi) is 3.91. The predicted octanol–water partition coefficient (Wildman–Crippen LogP) is 2.30. The first-order valence-electron chi connectivity index (χ1n) is 5.97. The minimum Gasteiger partial charge on any atom is -0.382 e. The molecule has 2 rings (SSSR count). The molecule has 0 radical (unpaired) electrons. The first kappa shape index (κ1) is 15.3. The van der Waals surface area contributed by atoms with Crippen molar-refractivity contribution in [2.75, 3.05) is 13.6 Å². The van der Waals surface area contributed by atoms with Gasteiger partial charge in [0, 0.05) is 18.0 Å². The molecule has 0 saturated heterocycles. The van der Waals surface area contributed by atoms with Crippen molar-refractivity contribution in [3.8, 4) is 0 Å². The second-order valence-electron chi connectivity index (χ2n) is 4.63. The standard InChI is InChI=1S/C13H12F4N2O2/c1-19(6-11(20)13(15,16)17)12(21)10-5-7-8(14)3-2-4-9(7)18-10/h2-5,11,18,20H,6H2,1H3. The molecule has 0 bridgehead atoms. The van der Waals surface area contributed by atoms with E-state index in [1.165, 1.54) is 18.2 Å². The fraction of sp³-hybridized carbons (Fsp3) is 0.308. The quantitative estimate of drug-likeness (QED) is 0.855. The minimum absolute atomic E-state index is 0.0491. The monoisotopic (exact) mass is 304 g/mol. The van der Waals surface area contributed by atoms with E-state index in [0.717, 1.165) is 11.9 Å². The molecule has 0 spiro atoms. The van der Waals surface area contributed by atoms with Gasteiger partial charge in [-0.15, -0.1) is 0 Å². The summed E-state index contributed by atoms with van der Waals surface area (Å²) in [7, 11) is 1.12. The van der Waals surface area contributed by atoms with E-state index in [1.807, 2.05) is 0 Å². The van der Waals surface area contributed by atoms with Crippen molar-refractivity contribution in [3.63, 3.8) is 0 Å². The number of aromatic nitrogens is 1. The van der Waals surface area contributed by atoms with Crippen LogP contribution >= 0.6 is 0 Å². The van der Waals surface area contributed by atoms with Crippen molar-refractivity contribution in [1.29, 1.82) is 0 Å². The van der Waals surface area contributed by atoms with Crippen LogP contribution in [0.2, 0.25) is 0 Å². The Morgan fingerprint density at radius 2 is 2.10 bits per heavy atom. The number of aliphatic hydroxyl groups excluding tert-OH is 1. The van der Waals surface area contributed by atoms with Gasteiger partial charge in [0.15, 0.2) is 6.10 Å². The molecule has 1 heterocycles. The highest BCUT2D eigenvalue weighted by molar-refractivity contribution is 5.98. The van der Waals surface area contributed by atoms with E-state index >= 15 is 0 Å². The summed E-state index contributed by atoms with van der Waals surface area (Å²) in [6.07, 6.45) is -7.44. The van der Waals surface area contributed by atoms with Crippen molar-refractivity contribution < 1.29 is 27.5 Å². The third-order valence-electron chi connectivity index (χ3n) is 3.01. The molecule has 4 nitrogen and oxygen atoms in total. The molecule has 1 amide bonds. The Morgan fingerprint density at radius 1 is 1.43 bits per heavy atom. The lowest BCUT2D eigenvalue weighted by atomic mass is 10.2. The molecule has 0 saturated carbocycles. The summed E-state index contributed by atoms with van der Waals surface area (Å²) in [5.41, 5.74) is 0.315. The molecule has 8 heteroatoms. The topological polar surface area (TPSA) is 56.3 Å². The van der Waals surface area contributed by atoms with Crippen LogP contribution in [0, 0.1) is 5.82 Å². The molecular formula is C13H12F4N2O2. The molecule has 114 valence electrons. The number of halogens is 4. The molecule has 0 aliphatic carbocycles. The first-order chi connectivity index (χ1) is 9.70. The van der Waals surface area contributed by atoms with Gasteiger partial charge in [0.2, 0.25) is 0 Å². The number of carbonyl (C=O) groups excluding carboxylic acids is 1. The van der Waals surface area contributed by atoms with Gasteiger partial charge in [-0.25, -0.2) is 4.39 Å². The van der Waals surface area contributed by atoms with Crippen LogP contribution in [0.1, 0.15) is 10.5 Å². The van der Waals surface area contributed by atoms with Crippen LogP contribution in [-0.4, -0.2) is 46.8 Å². The summed E-state index contributed by atoms with van der Waals surface area (Å²) in [4.78, 5) is 15.3. The predicted molar refractivity (Wildman–Crippen MR) is 67.3 cm³/mol. The molecule has 2 aromatic rings. The fourth-order valence-corrected chi connectivity index (χ4v) is 1.88. The molecule has 21 heavy (non-hydrogen) atoms.